The van der Waals surface area contributed by atoms with Gasteiger partial charge in [0.15, 0.2) is 5.78 Å². The quantitative estimate of drug-likeness (QED) is 0.685. The van der Waals surface area contributed by atoms with Crippen LogP contribution in [0.4, 0.5) is 0 Å². The van der Waals surface area contributed by atoms with Crippen LogP contribution >= 0.6 is 11.6 Å². The van der Waals surface area contributed by atoms with Gasteiger partial charge >= 0.3 is 0 Å². The maximum atomic E-state index is 12.6. The molecule has 3 nitrogen and oxygen atoms in total. The summed E-state index contributed by atoms with van der Waals surface area (Å²) in [7, 11) is 0. The van der Waals surface area contributed by atoms with Gasteiger partial charge in [0.25, 0.3) is 0 Å². The van der Waals surface area contributed by atoms with Crippen molar-refractivity contribution < 1.29 is 4.79 Å². The lowest BCUT2D eigenvalue weighted by atomic mass is 10.1. The summed E-state index contributed by atoms with van der Waals surface area (Å²) in [5.74, 6) is 1.16. The van der Waals surface area contributed by atoms with Crippen molar-refractivity contribution in [3.05, 3.63) is 52.6 Å². The highest BCUT2D eigenvalue weighted by Crippen LogP contribution is 2.32. The molecule has 0 radical (unpaired) electrons. The van der Waals surface area contributed by atoms with E-state index in [0.717, 1.165) is 47.8 Å². The molecule has 2 aromatic rings. The first-order chi connectivity index (χ1) is 11.2. The molecule has 122 valence electrons. The molecule has 1 aromatic carbocycles. The second-order valence-corrected chi connectivity index (χ2v) is 6.77. The van der Waals surface area contributed by atoms with Crippen molar-refractivity contribution in [2.45, 2.75) is 57.9 Å². The van der Waals surface area contributed by atoms with Gasteiger partial charge in [0.1, 0.15) is 11.5 Å². The van der Waals surface area contributed by atoms with Crippen LogP contribution in [0.25, 0.3) is 0 Å². The van der Waals surface area contributed by atoms with Gasteiger partial charge in [0.05, 0.1) is 6.20 Å². The van der Waals surface area contributed by atoms with Gasteiger partial charge in [-0.2, -0.15) is 0 Å². The van der Waals surface area contributed by atoms with Crippen molar-refractivity contribution in [1.82, 2.24) is 9.55 Å². The minimum atomic E-state index is 0.199. The Kier molecular flexibility index (Phi) is 5.16. The van der Waals surface area contributed by atoms with Gasteiger partial charge in [0, 0.05) is 17.5 Å². The van der Waals surface area contributed by atoms with E-state index in [9.17, 15) is 4.79 Å². The van der Waals surface area contributed by atoms with E-state index in [1.165, 1.54) is 12.8 Å². The number of aromatic nitrogens is 2. The zero-order valence-corrected chi connectivity index (χ0v) is 14.4. The summed E-state index contributed by atoms with van der Waals surface area (Å²) in [6.07, 6.45) is 8.78. The number of aryl methyl sites for hydroxylation is 2. The highest BCUT2D eigenvalue weighted by Gasteiger charge is 2.23. The molecule has 0 N–H and O–H groups in total. The van der Waals surface area contributed by atoms with E-state index < -0.39 is 0 Å². The average Bonchev–Trinajstić information content (AvgIpc) is 3.18. The lowest BCUT2D eigenvalue weighted by Gasteiger charge is -2.16. The summed E-state index contributed by atoms with van der Waals surface area (Å²) < 4.78 is 2.17. The van der Waals surface area contributed by atoms with Gasteiger partial charge in [-0.1, -0.05) is 42.6 Å². The first kappa shape index (κ1) is 16.3. The van der Waals surface area contributed by atoms with E-state index >= 15 is 0 Å². The molecule has 0 unspecified atom stereocenters. The predicted molar refractivity (Wildman–Crippen MR) is 93.2 cm³/mol. The maximum absolute atomic E-state index is 12.6. The largest absolute Gasteiger partial charge is 0.323 e. The minimum absolute atomic E-state index is 0.199. The van der Waals surface area contributed by atoms with Crippen molar-refractivity contribution in [2.24, 2.45) is 0 Å². The number of rotatable bonds is 6. The van der Waals surface area contributed by atoms with E-state index in [1.807, 2.05) is 31.2 Å². The maximum Gasteiger partial charge on any atom is 0.180 e. The van der Waals surface area contributed by atoms with Crippen molar-refractivity contribution in [3.8, 4) is 0 Å². The molecule has 1 heterocycles. The fourth-order valence-electron chi connectivity index (χ4n) is 3.55. The molecule has 1 aromatic heterocycles. The Hall–Kier alpha value is -1.61. The standard InChI is InChI=1S/C19H23ClN2O/c1-14-21-13-18(22(14)16-9-3-4-10-16)19(23)12-6-8-15-7-2-5-11-17(15)20/h2,5,7,11,13,16H,3-4,6,8-10,12H2,1H3. The molecule has 1 aliphatic rings. The van der Waals surface area contributed by atoms with Crippen LogP contribution in [0.1, 0.15) is 66.4 Å². The number of ketones is 1. The number of imidazole rings is 1. The number of hydrogen-bond donors (Lipinski definition) is 0. The zero-order chi connectivity index (χ0) is 16.2. The molecule has 0 aliphatic heterocycles. The molecule has 0 saturated heterocycles. The Morgan fingerprint density at radius 1 is 1.30 bits per heavy atom. The van der Waals surface area contributed by atoms with Gasteiger partial charge in [-0.05, 0) is 44.2 Å². The molecule has 1 saturated carbocycles. The van der Waals surface area contributed by atoms with Gasteiger partial charge in [0.2, 0.25) is 0 Å². The van der Waals surface area contributed by atoms with E-state index in [1.54, 1.807) is 6.20 Å². The second-order valence-electron chi connectivity index (χ2n) is 6.37. The number of carbonyl (C=O) groups is 1. The smallest absolute Gasteiger partial charge is 0.180 e. The van der Waals surface area contributed by atoms with Crippen molar-refractivity contribution in [3.63, 3.8) is 0 Å². The number of benzene rings is 1. The van der Waals surface area contributed by atoms with Crippen LogP contribution < -0.4 is 0 Å². The molecule has 0 spiro atoms. The third-order valence-electron chi connectivity index (χ3n) is 4.77. The number of halogens is 1. The molecule has 1 fully saturated rings. The third kappa shape index (κ3) is 3.66. The number of hydrogen-bond acceptors (Lipinski definition) is 2. The first-order valence-corrected chi connectivity index (χ1v) is 8.85. The van der Waals surface area contributed by atoms with Crippen molar-refractivity contribution >= 4 is 17.4 Å². The molecular weight excluding hydrogens is 308 g/mol. The monoisotopic (exact) mass is 330 g/mol. The normalized spacial score (nSPS) is 15.2. The van der Waals surface area contributed by atoms with E-state index in [-0.39, 0.29) is 5.78 Å². The Balaban J connectivity index is 1.64. The molecule has 1 aliphatic carbocycles. The van der Waals surface area contributed by atoms with Crippen LogP contribution in [0.15, 0.2) is 30.5 Å². The summed E-state index contributed by atoms with van der Waals surface area (Å²) >= 11 is 6.17. The molecule has 4 heteroatoms. The SMILES string of the molecule is Cc1ncc(C(=O)CCCc2ccccc2Cl)n1C1CCCC1. The molecule has 23 heavy (non-hydrogen) atoms. The number of carbonyl (C=O) groups excluding carboxylic acids is 1. The average molecular weight is 331 g/mol. The Labute approximate surface area is 142 Å². The van der Waals surface area contributed by atoms with Crippen LogP contribution in [-0.2, 0) is 6.42 Å². The zero-order valence-electron chi connectivity index (χ0n) is 13.6. The van der Waals surface area contributed by atoms with E-state index in [4.69, 9.17) is 11.6 Å². The number of Topliss-reactive ketones (excluding diaryl/α,β-unsaturated/α-hetero) is 1. The molecule has 3 rings (SSSR count). The fraction of sp³-hybridized carbons (Fsp3) is 0.474. The highest BCUT2D eigenvalue weighted by molar-refractivity contribution is 6.31. The van der Waals surface area contributed by atoms with Crippen LogP contribution in [0.2, 0.25) is 5.02 Å². The molecule has 0 amide bonds. The van der Waals surface area contributed by atoms with E-state index in [0.29, 0.717) is 12.5 Å². The summed E-state index contributed by atoms with van der Waals surface area (Å²) in [5, 5.41) is 0.784. The van der Waals surface area contributed by atoms with Gasteiger partial charge in [-0.3, -0.25) is 4.79 Å². The second kappa shape index (κ2) is 7.31. The van der Waals surface area contributed by atoms with Crippen LogP contribution in [0.3, 0.4) is 0 Å². The van der Waals surface area contributed by atoms with Crippen molar-refractivity contribution in [1.29, 1.82) is 0 Å². The summed E-state index contributed by atoms with van der Waals surface area (Å²) in [6.45, 7) is 2.00. The summed E-state index contributed by atoms with van der Waals surface area (Å²) in [5.41, 5.74) is 1.90. The Morgan fingerprint density at radius 3 is 2.78 bits per heavy atom. The van der Waals surface area contributed by atoms with Crippen LogP contribution in [-0.4, -0.2) is 15.3 Å². The topological polar surface area (TPSA) is 34.9 Å². The summed E-state index contributed by atoms with van der Waals surface area (Å²) in [4.78, 5) is 17.0. The molecular formula is C19H23ClN2O. The van der Waals surface area contributed by atoms with Crippen LogP contribution in [0, 0.1) is 6.92 Å². The Bertz CT molecular complexity index is 686. The van der Waals surface area contributed by atoms with Gasteiger partial charge in [-0.15, -0.1) is 0 Å². The lowest BCUT2D eigenvalue weighted by Crippen LogP contribution is -2.14. The molecule has 0 bridgehead atoms. The van der Waals surface area contributed by atoms with Crippen molar-refractivity contribution in [2.75, 3.05) is 0 Å². The number of nitrogens with zero attached hydrogens (tertiary/aromatic N) is 2. The fourth-order valence-corrected chi connectivity index (χ4v) is 3.78. The Morgan fingerprint density at radius 2 is 2.04 bits per heavy atom. The lowest BCUT2D eigenvalue weighted by molar-refractivity contribution is 0.0968. The van der Waals surface area contributed by atoms with Gasteiger partial charge < -0.3 is 4.57 Å². The van der Waals surface area contributed by atoms with Gasteiger partial charge in [-0.25, -0.2) is 4.98 Å². The first-order valence-electron chi connectivity index (χ1n) is 8.47. The summed E-state index contributed by atoms with van der Waals surface area (Å²) in [6, 6.07) is 8.30. The third-order valence-corrected chi connectivity index (χ3v) is 5.13. The van der Waals surface area contributed by atoms with E-state index in [2.05, 4.69) is 9.55 Å². The predicted octanol–water partition coefficient (Wildman–Crippen LogP) is 5.17. The highest BCUT2D eigenvalue weighted by atomic mass is 35.5. The van der Waals surface area contributed by atoms with Crippen LogP contribution in [0.5, 0.6) is 0 Å². The molecule has 0 atom stereocenters. The minimum Gasteiger partial charge on any atom is -0.323 e.